The van der Waals surface area contributed by atoms with Crippen LogP contribution in [0.4, 0.5) is 4.79 Å². The lowest BCUT2D eigenvalue weighted by molar-refractivity contribution is -0.157. The summed E-state index contributed by atoms with van der Waals surface area (Å²) >= 11 is 0. The summed E-state index contributed by atoms with van der Waals surface area (Å²) in [7, 11) is 0. The molecule has 2 heterocycles. The van der Waals surface area contributed by atoms with Crippen LogP contribution in [0.3, 0.4) is 0 Å². The number of nitrogens with zero attached hydrogens (tertiary/aromatic N) is 2. The average molecular weight is 386 g/mol. The van der Waals surface area contributed by atoms with Crippen molar-refractivity contribution >= 4 is 18.1 Å². The second-order valence-electron chi connectivity index (χ2n) is 4.77. The summed E-state index contributed by atoms with van der Waals surface area (Å²) in [5.41, 5.74) is 0. The Bertz CT molecular complexity index is 799. The molecule has 0 bridgehead atoms. The molecule has 0 aliphatic carbocycles. The molecule has 0 unspecified atom stereocenters. The maximum atomic E-state index is 11.5. The molecule has 2 rings (SSSR count). The van der Waals surface area contributed by atoms with Crippen LogP contribution in [-0.2, 0) is 19.1 Å². The number of hydrogen-bond acceptors (Lipinski definition) is 11. The van der Waals surface area contributed by atoms with E-state index in [9.17, 15) is 34.8 Å². The third-order valence-electron chi connectivity index (χ3n) is 2.88. The predicted molar refractivity (Wildman–Crippen MR) is 80.4 cm³/mol. The van der Waals surface area contributed by atoms with Crippen LogP contribution in [0.2, 0.25) is 0 Å². The fraction of sp³-hybridized carbons (Fsp3) is 0.214. The molecule has 0 aliphatic heterocycles. The molecule has 13 nitrogen and oxygen atoms in total. The van der Waals surface area contributed by atoms with Gasteiger partial charge in [0.15, 0.2) is 0 Å². The summed E-state index contributed by atoms with van der Waals surface area (Å²) in [6, 6.07) is 4.27. The molecule has 0 spiro atoms. The molecule has 2 aromatic rings. The van der Waals surface area contributed by atoms with Gasteiger partial charge in [0.25, 0.3) is 0 Å². The molecule has 0 aromatic carbocycles. The highest BCUT2D eigenvalue weighted by atomic mass is 16.8. The zero-order valence-electron chi connectivity index (χ0n) is 13.5. The number of aromatic hydroxyl groups is 4. The van der Waals surface area contributed by atoms with Gasteiger partial charge in [0.2, 0.25) is 30.3 Å². The van der Waals surface area contributed by atoms with E-state index in [4.69, 9.17) is 0 Å². The zero-order valence-corrected chi connectivity index (χ0v) is 13.5. The largest absolute Gasteiger partial charge is 0.536 e. The normalized spacial score (nSPS) is 10.2. The molecule has 4 N–H and O–H groups in total. The molecule has 0 radical (unpaired) electrons. The van der Waals surface area contributed by atoms with E-state index < -0.39 is 61.2 Å². The molecule has 0 fully saturated rings. The molecule has 0 atom stereocenters. The fourth-order valence-electron chi connectivity index (χ4n) is 1.66. The number of carbonyl (C=O) groups is 3. The van der Waals surface area contributed by atoms with E-state index in [0.29, 0.717) is 9.46 Å². The van der Waals surface area contributed by atoms with Crippen molar-refractivity contribution in [2.24, 2.45) is 0 Å². The highest BCUT2D eigenvalue weighted by molar-refractivity contribution is 5.77. The smallest absolute Gasteiger partial charge is 0.492 e. The standard InChI is InChI=1S/C14H14N2O11/c17-8-1-2-9(18)15(8)26-13(22)6-5-12(21)24-7-25-14(23)27-16-10(19)3-4-11(16)20/h1-4,17-20H,5-7H2. The minimum Gasteiger partial charge on any atom is -0.492 e. The van der Waals surface area contributed by atoms with Crippen molar-refractivity contribution < 1.29 is 54.0 Å². The predicted octanol–water partition coefficient (Wildman–Crippen LogP) is -0.387. The van der Waals surface area contributed by atoms with E-state index in [1.54, 1.807) is 0 Å². The first kappa shape index (κ1) is 19.3. The van der Waals surface area contributed by atoms with E-state index in [0.717, 1.165) is 24.3 Å². The first-order valence-electron chi connectivity index (χ1n) is 7.19. The van der Waals surface area contributed by atoms with Crippen LogP contribution in [-0.4, -0.2) is 54.8 Å². The SMILES string of the molecule is O=C(CCC(=O)On1c(O)ccc1O)OCOC(=O)On1c(O)ccc1O. The summed E-state index contributed by atoms with van der Waals surface area (Å²) in [4.78, 5) is 43.3. The number of ether oxygens (including phenoxy) is 2. The molecular formula is C14H14N2O11. The molecule has 0 saturated heterocycles. The highest BCUT2D eigenvalue weighted by Gasteiger charge is 2.16. The van der Waals surface area contributed by atoms with E-state index in [-0.39, 0.29) is 0 Å². The number of esters is 1. The quantitative estimate of drug-likeness (QED) is 0.360. The second kappa shape index (κ2) is 8.37. The van der Waals surface area contributed by atoms with Crippen molar-refractivity contribution in [3.63, 3.8) is 0 Å². The van der Waals surface area contributed by atoms with Crippen molar-refractivity contribution in [3.05, 3.63) is 24.3 Å². The third-order valence-corrected chi connectivity index (χ3v) is 2.88. The molecule has 0 saturated carbocycles. The van der Waals surface area contributed by atoms with E-state index >= 15 is 0 Å². The van der Waals surface area contributed by atoms with Gasteiger partial charge in [0.05, 0.1) is 12.8 Å². The number of hydrogen-bond donors (Lipinski definition) is 4. The zero-order chi connectivity index (χ0) is 20.0. The Kier molecular flexibility index (Phi) is 5.98. The van der Waals surface area contributed by atoms with Gasteiger partial charge in [-0.05, 0) is 0 Å². The Morgan fingerprint density at radius 1 is 0.704 bits per heavy atom. The van der Waals surface area contributed by atoms with Gasteiger partial charge in [-0.3, -0.25) is 9.63 Å². The minimum atomic E-state index is -1.39. The van der Waals surface area contributed by atoms with Crippen LogP contribution in [0.25, 0.3) is 0 Å². The molecule has 2 aromatic heterocycles. The van der Waals surface area contributed by atoms with E-state index in [1.165, 1.54) is 0 Å². The van der Waals surface area contributed by atoms with Crippen molar-refractivity contribution in [2.45, 2.75) is 12.8 Å². The van der Waals surface area contributed by atoms with Gasteiger partial charge in [-0.25, -0.2) is 9.59 Å². The average Bonchev–Trinajstić information content (AvgIpc) is 3.10. The fourth-order valence-corrected chi connectivity index (χ4v) is 1.66. The van der Waals surface area contributed by atoms with Crippen LogP contribution in [0, 0.1) is 0 Å². The second-order valence-corrected chi connectivity index (χ2v) is 4.77. The van der Waals surface area contributed by atoms with Crippen molar-refractivity contribution in [3.8, 4) is 23.5 Å². The molecular weight excluding hydrogens is 372 g/mol. The topological polar surface area (TPSA) is 179 Å². The van der Waals surface area contributed by atoms with Crippen molar-refractivity contribution in [1.82, 2.24) is 9.46 Å². The van der Waals surface area contributed by atoms with Gasteiger partial charge in [0.1, 0.15) is 0 Å². The lowest BCUT2D eigenvalue weighted by Gasteiger charge is -2.08. The summed E-state index contributed by atoms with van der Waals surface area (Å²) in [6.07, 6.45) is -2.28. The number of rotatable bonds is 7. The van der Waals surface area contributed by atoms with Crippen LogP contribution in [0.1, 0.15) is 12.8 Å². The monoisotopic (exact) mass is 386 g/mol. The van der Waals surface area contributed by atoms with Crippen LogP contribution >= 0.6 is 0 Å². The third kappa shape index (κ3) is 5.22. The lowest BCUT2D eigenvalue weighted by atomic mass is 10.3. The number of carbonyl (C=O) groups excluding carboxylic acids is 3. The first-order chi connectivity index (χ1) is 12.8. The van der Waals surface area contributed by atoms with E-state index in [2.05, 4.69) is 19.1 Å². The summed E-state index contributed by atoms with van der Waals surface area (Å²) in [5.74, 6) is -4.05. The van der Waals surface area contributed by atoms with Gasteiger partial charge in [-0.2, -0.15) is 0 Å². The van der Waals surface area contributed by atoms with Crippen LogP contribution in [0.5, 0.6) is 23.5 Å². The van der Waals surface area contributed by atoms with Gasteiger partial charge >= 0.3 is 18.1 Å². The number of aromatic nitrogens is 2. The van der Waals surface area contributed by atoms with Crippen LogP contribution in [0.15, 0.2) is 24.3 Å². The molecule has 146 valence electrons. The molecule has 13 heteroatoms. The minimum absolute atomic E-state index is 0.367. The Balaban J connectivity index is 1.66. The molecule has 27 heavy (non-hydrogen) atoms. The summed E-state index contributed by atoms with van der Waals surface area (Å²) < 4.78 is 9.73. The van der Waals surface area contributed by atoms with E-state index in [1.807, 2.05) is 0 Å². The van der Waals surface area contributed by atoms with Gasteiger partial charge in [-0.1, -0.05) is 0 Å². The maximum Gasteiger partial charge on any atom is 0.536 e. The van der Waals surface area contributed by atoms with Crippen molar-refractivity contribution in [1.29, 1.82) is 0 Å². The van der Waals surface area contributed by atoms with Crippen molar-refractivity contribution in [2.75, 3.05) is 6.79 Å². The Hall–Kier alpha value is -4.03. The van der Waals surface area contributed by atoms with Gasteiger partial charge in [0, 0.05) is 24.3 Å². The maximum absolute atomic E-state index is 11.5. The highest BCUT2D eigenvalue weighted by Crippen LogP contribution is 2.19. The van der Waals surface area contributed by atoms with Gasteiger partial charge < -0.3 is 34.7 Å². The Labute approximate surface area is 150 Å². The first-order valence-corrected chi connectivity index (χ1v) is 7.19. The Morgan fingerprint density at radius 3 is 1.67 bits per heavy atom. The summed E-state index contributed by atoms with van der Waals surface area (Å²) in [6.45, 7) is -0.852. The summed E-state index contributed by atoms with van der Waals surface area (Å²) in [5, 5.41) is 37.1. The molecule has 0 amide bonds. The lowest BCUT2D eigenvalue weighted by Crippen LogP contribution is -2.23. The van der Waals surface area contributed by atoms with Gasteiger partial charge in [-0.15, -0.1) is 9.46 Å². The molecule has 0 aliphatic rings. The Morgan fingerprint density at radius 2 is 1.15 bits per heavy atom. The van der Waals surface area contributed by atoms with Crippen LogP contribution < -0.4 is 9.68 Å².